The zero-order valence-corrected chi connectivity index (χ0v) is 19.1. The summed E-state index contributed by atoms with van der Waals surface area (Å²) in [6.07, 6.45) is -3.50. The molecule has 33 heavy (non-hydrogen) atoms. The SMILES string of the molecule is CCOC(=O)N1CCC(NC(=S)Nc2cc(C(F)(F)F)ccc2NCc2ccccc2)CC1. The molecule has 1 heterocycles. The van der Waals surface area contributed by atoms with Crippen LogP contribution in [0, 0.1) is 0 Å². The van der Waals surface area contributed by atoms with Gasteiger partial charge in [-0.1, -0.05) is 30.3 Å². The lowest BCUT2D eigenvalue weighted by Gasteiger charge is -2.32. The van der Waals surface area contributed by atoms with Crippen molar-refractivity contribution in [2.75, 3.05) is 30.3 Å². The summed E-state index contributed by atoms with van der Waals surface area (Å²) in [7, 11) is 0. The number of likely N-dealkylation sites (tertiary alicyclic amines) is 1. The normalized spacial score (nSPS) is 14.5. The molecule has 0 radical (unpaired) electrons. The molecule has 1 saturated heterocycles. The number of thiocarbonyl (C=S) groups is 1. The molecule has 3 N–H and O–H groups in total. The van der Waals surface area contributed by atoms with Gasteiger partial charge in [0.1, 0.15) is 0 Å². The molecule has 0 atom stereocenters. The Bertz CT molecular complexity index is 948. The molecule has 3 rings (SSSR count). The molecule has 178 valence electrons. The quantitative estimate of drug-likeness (QED) is 0.493. The van der Waals surface area contributed by atoms with E-state index >= 15 is 0 Å². The van der Waals surface area contributed by atoms with Gasteiger partial charge in [-0.2, -0.15) is 13.2 Å². The smallest absolute Gasteiger partial charge is 0.416 e. The van der Waals surface area contributed by atoms with Crippen molar-refractivity contribution in [3.63, 3.8) is 0 Å². The van der Waals surface area contributed by atoms with Crippen LogP contribution >= 0.6 is 12.2 Å². The van der Waals surface area contributed by atoms with Crippen LogP contribution < -0.4 is 16.0 Å². The van der Waals surface area contributed by atoms with Crippen LogP contribution in [0.5, 0.6) is 0 Å². The van der Waals surface area contributed by atoms with Gasteiger partial charge in [-0.25, -0.2) is 4.79 Å². The maximum absolute atomic E-state index is 13.3. The Morgan fingerprint density at radius 1 is 1.12 bits per heavy atom. The minimum atomic E-state index is -4.47. The number of anilines is 2. The Balaban J connectivity index is 1.64. The molecular formula is C23H27F3N4O2S. The summed E-state index contributed by atoms with van der Waals surface area (Å²) in [6, 6.07) is 13.0. The van der Waals surface area contributed by atoms with Crippen LogP contribution in [0.4, 0.5) is 29.3 Å². The molecule has 1 aliphatic heterocycles. The zero-order chi connectivity index (χ0) is 23.8. The molecule has 0 unspecified atom stereocenters. The van der Waals surface area contributed by atoms with Crippen LogP contribution in [-0.2, 0) is 17.5 Å². The van der Waals surface area contributed by atoms with Crippen molar-refractivity contribution < 1.29 is 22.7 Å². The fraction of sp³-hybridized carbons (Fsp3) is 0.391. The number of amides is 1. The van der Waals surface area contributed by atoms with Crippen molar-refractivity contribution in [3.8, 4) is 0 Å². The Morgan fingerprint density at radius 2 is 1.82 bits per heavy atom. The van der Waals surface area contributed by atoms with E-state index in [0.717, 1.165) is 17.7 Å². The third kappa shape index (κ3) is 7.24. The van der Waals surface area contributed by atoms with E-state index in [1.165, 1.54) is 6.07 Å². The lowest BCUT2D eigenvalue weighted by molar-refractivity contribution is -0.137. The van der Waals surface area contributed by atoms with Gasteiger partial charge >= 0.3 is 12.3 Å². The summed E-state index contributed by atoms with van der Waals surface area (Å²) in [6.45, 7) is 3.57. The molecule has 0 bridgehead atoms. The first-order chi connectivity index (χ1) is 15.8. The molecule has 1 amide bonds. The number of piperidine rings is 1. The zero-order valence-electron chi connectivity index (χ0n) is 18.2. The Labute approximate surface area is 196 Å². The predicted octanol–water partition coefficient (Wildman–Crippen LogP) is 5.22. The highest BCUT2D eigenvalue weighted by Crippen LogP contribution is 2.34. The van der Waals surface area contributed by atoms with Crippen LogP contribution in [0.25, 0.3) is 0 Å². The van der Waals surface area contributed by atoms with Crippen molar-refractivity contribution in [2.45, 2.75) is 38.5 Å². The van der Waals surface area contributed by atoms with E-state index in [9.17, 15) is 18.0 Å². The van der Waals surface area contributed by atoms with Gasteiger partial charge in [0.2, 0.25) is 0 Å². The number of hydrogen-bond acceptors (Lipinski definition) is 4. The van der Waals surface area contributed by atoms with E-state index in [1.807, 2.05) is 30.3 Å². The monoisotopic (exact) mass is 480 g/mol. The fourth-order valence-corrected chi connectivity index (χ4v) is 3.81. The molecule has 0 saturated carbocycles. The summed E-state index contributed by atoms with van der Waals surface area (Å²) in [4.78, 5) is 13.5. The van der Waals surface area contributed by atoms with Gasteiger partial charge in [0.15, 0.2) is 5.11 Å². The molecule has 0 aromatic heterocycles. The minimum Gasteiger partial charge on any atom is -0.450 e. The number of hydrogen-bond donors (Lipinski definition) is 3. The number of benzene rings is 2. The van der Waals surface area contributed by atoms with Crippen LogP contribution in [0.3, 0.4) is 0 Å². The maximum atomic E-state index is 13.3. The molecule has 2 aromatic rings. The topological polar surface area (TPSA) is 65.6 Å². The van der Waals surface area contributed by atoms with Gasteiger partial charge in [-0.15, -0.1) is 0 Å². The van der Waals surface area contributed by atoms with Crippen molar-refractivity contribution in [1.82, 2.24) is 10.2 Å². The Hall–Kier alpha value is -3.01. The number of nitrogens with one attached hydrogen (secondary N) is 3. The lowest BCUT2D eigenvalue weighted by Crippen LogP contribution is -2.47. The third-order valence-corrected chi connectivity index (χ3v) is 5.50. The van der Waals surface area contributed by atoms with Crippen molar-refractivity contribution in [2.24, 2.45) is 0 Å². The van der Waals surface area contributed by atoms with E-state index in [2.05, 4.69) is 16.0 Å². The van der Waals surface area contributed by atoms with Crippen molar-refractivity contribution in [1.29, 1.82) is 0 Å². The number of halogens is 3. The maximum Gasteiger partial charge on any atom is 0.416 e. The van der Waals surface area contributed by atoms with Crippen LogP contribution in [0.2, 0.25) is 0 Å². The predicted molar refractivity (Wildman–Crippen MR) is 126 cm³/mol. The molecule has 10 heteroatoms. The van der Waals surface area contributed by atoms with Crippen LogP contribution in [0.15, 0.2) is 48.5 Å². The second-order valence-electron chi connectivity index (χ2n) is 7.66. The average molecular weight is 481 g/mol. The van der Waals surface area contributed by atoms with E-state index in [4.69, 9.17) is 17.0 Å². The van der Waals surface area contributed by atoms with Gasteiger partial charge < -0.3 is 25.6 Å². The third-order valence-electron chi connectivity index (χ3n) is 5.28. The average Bonchev–Trinajstić information content (AvgIpc) is 2.79. The number of alkyl halides is 3. The van der Waals surface area contributed by atoms with Crippen molar-refractivity contribution >= 4 is 34.8 Å². The molecular weight excluding hydrogens is 453 g/mol. The summed E-state index contributed by atoms with van der Waals surface area (Å²) < 4.78 is 44.8. The minimum absolute atomic E-state index is 0.00204. The highest BCUT2D eigenvalue weighted by Gasteiger charge is 2.31. The molecule has 0 spiro atoms. The van der Waals surface area contributed by atoms with E-state index in [-0.39, 0.29) is 22.9 Å². The second-order valence-corrected chi connectivity index (χ2v) is 8.06. The number of carbonyl (C=O) groups is 1. The number of rotatable bonds is 6. The first kappa shape index (κ1) is 24.6. The van der Waals surface area contributed by atoms with Gasteiger partial charge in [0.25, 0.3) is 0 Å². The van der Waals surface area contributed by atoms with Gasteiger partial charge in [-0.3, -0.25) is 0 Å². The second kappa shape index (κ2) is 11.2. The largest absolute Gasteiger partial charge is 0.450 e. The number of ether oxygens (including phenoxy) is 1. The summed E-state index contributed by atoms with van der Waals surface area (Å²) >= 11 is 5.38. The number of carbonyl (C=O) groups excluding carboxylic acids is 1. The summed E-state index contributed by atoms with van der Waals surface area (Å²) in [5.41, 5.74) is 0.980. The highest BCUT2D eigenvalue weighted by molar-refractivity contribution is 7.80. The first-order valence-corrected chi connectivity index (χ1v) is 11.2. The van der Waals surface area contributed by atoms with Crippen LogP contribution in [0.1, 0.15) is 30.9 Å². The number of nitrogens with zero attached hydrogens (tertiary/aromatic N) is 1. The summed E-state index contributed by atoms with van der Waals surface area (Å²) in [5.74, 6) is 0. The molecule has 1 fully saturated rings. The summed E-state index contributed by atoms with van der Waals surface area (Å²) in [5, 5.41) is 9.46. The van der Waals surface area contributed by atoms with E-state index in [1.54, 1.807) is 11.8 Å². The van der Waals surface area contributed by atoms with Gasteiger partial charge in [0.05, 0.1) is 23.5 Å². The molecule has 1 aliphatic rings. The van der Waals surface area contributed by atoms with E-state index < -0.39 is 11.7 Å². The van der Waals surface area contributed by atoms with Gasteiger partial charge in [-0.05, 0) is 55.7 Å². The molecule has 6 nitrogen and oxygen atoms in total. The highest BCUT2D eigenvalue weighted by atomic mass is 32.1. The fourth-order valence-electron chi connectivity index (χ4n) is 3.54. The van der Waals surface area contributed by atoms with E-state index in [0.29, 0.717) is 44.8 Å². The molecule has 0 aliphatic carbocycles. The lowest BCUT2D eigenvalue weighted by atomic mass is 10.1. The van der Waals surface area contributed by atoms with Crippen molar-refractivity contribution in [3.05, 3.63) is 59.7 Å². The molecule has 2 aromatic carbocycles. The Morgan fingerprint density at radius 3 is 2.45 bits per heavy atom. The standard InChI is InChI=1S/C23H27F3N4O2S/c1-2-32-22(31)30-12-10-18(11-13-30)28-21(33)29-20-14-17(23(24,25)26)8-9-19(20)27-15-16-6-4-3-5-7-16/h3-9,14,18,27H,2,10-13,15H2,1H3,(H2,28,29,33). The first-order valence-electron chi connectivity index (χ1n) is 10.7. The Kier molecular flexibility index (Phi) is 8.37. The van der Waals surface area contributed by atoms with Gasteiger partial charge in [0, 0.05) is 25.7 Å². The van der Waals surface area contributed by atoms with Crippen LogP contribution in [-0.4, -0.2) is 41.8 Å².